The van der Waals surface area contributed by atoms with E-state index in [-0.39, 0.29) is 33.8 Å². The Bertz CT molecular complexity index is 1150. The van der Waals surface area contributed by atoms with Crippen molar-refractivity contribution in [3.8, 4) is 0 Å². The predicted molar refractivity (Wildman–Crippen MR) is 134 cm³/mol. The Morgan fingerprint density at radius 2 is 1.16 bits per heavy atom. The average Bonchev–Trinajstić information content (AvgIpc) is 2.68. The fourth-order valence-electron chi connectivity index (χ4n) is 2.61. The molecule has 0 aromatic heterocycles. The summed E-state index contributed by atoms with van der Waals surface area (Å²) in [4.78, 5) is 23.5. The molecule has 2 amide bonds. The third kappa shape index (κ3) is 9.41. The second-order valence-electron chi connectivity index (χ2n) is 10.2. The molecule has 4 nitrogen and oxygen atoms in total. The lowest BCUT2D eigenvalue weighted by atomic mass is 9.95. The summed E-state index contributed by atoms with van der Waals surface area (Å²) in [6.45, 7) is 11.3. The van der Waals surface area contributed by atoms with Crippen molar-refractivity contribution in [2.45, 2.75) is 60.8 Å². The van der Waals surface area contributed by atoms with Gasteiger partial charge in [-0.2, -0.15) is 26.3 Å². The van der Waals surface area contributed by atoms with Crippen LogP contribution >= 0.6 is 23.2 Å². The number of alkyl halides is 6. The molecule has 2 rings (SSSR count). The van der Waals surface area contributed by atoms with E-state index in [0.717, 1.165) is 18.2 Å². The molecule has 0 saturated heterocycles. The van der Waals surface area contributed by atoms with E-state index in [1.165, 1.54) is 19.1 Å². The molecule has 0 aliphatic carbocycles. The van der Waals surface area contributed by atoms with Crippen molar-refractivity contribution in [2.75, 3.05) is 10.6 Å². The topological polar surface area (TPSA) is 58.2 Å². The quantitative estimate of drug-likeness (QED) is 0.353. The van der Waals surface area contributed by atoms with Gasteiger partial charge >= 0.3 is 12.4 Å². The van der Waals surface area contributed by atoms with Crippen molar-refractivity contribution in [1.82, 2.24) is 0 Å². The lowest BCUT2D eigenvalue weighted by Gasteiger charge is -2.21. The summed E-state index contributed by atoms with van der Waals surface area (Å²) < 4.78 is 76.4. The second kappa shape index (κ2) is 11.5. The van der Waals surface area contributed by atoms with E-state index in [0.29, 0.717) is 0 Å². The monoisotopic (exact) mass is 572 g/mol. The van der Waals surface area contributed by atoms with Crippen molar-refractivity contribution >= 4 is 46.4 Å². The maximum absolute atomic E-state index is 12.9. The molecule has 2 N–H and O–H groups in total. The maximum atomic E-state index is 12.9. The Hall–Kier alpha value is -2.46. The van der Waals surface area contributed by atoms with Gasteiger partial charge in [-0.3, -0.25) is 9.59 Å². The average molecular weight is 573 g/mol. The molecule has 0 heterocycles. The van der Waals surface area contributed by atoms with Gasteiger partial charge in [0, 0.05) is 22.2 Å². The highest BCUT2D eigenvalue weighted by Crippen LogP contribution is 2.40. The number of rotatable bonds is 2. The molecule has 0 atom stereocenters. The van der Waals surface area contributed by atoms with E-state index in [4.69, 9.17) is 23.2 Å². The van der Waals surface area contributed by atoms with Crippen molar-refractivity contribution in [1.29, 1.82) is 0 Å². The Kier molecular flexibility index (Phi) is 10.1. The Morgan fingerprint density at radius 3 is 1.59 bits per heavy atom. The van der Waals surface area contributed by atoms with E-state index >= 15 is 0 Å². The van der Waals surface area contributed by atoms with E-state index in [2.05, 4.69) is 10.6 Å². The number of hydrogen-bond donors (Lipinski definition) is 2. The lowest BCUT2D eigenvalue weighted by molar-refractivity contribution is -0.138. The van der Waals surface area contributed by atoms with Crippen molar-refractivity contribution in [2.24, 2.45) is 10.8 Å². The summed E-state index contributed by atoms with van der Waals surface area (Å²) in [6.07, 6.45) is -9.09. The van der Waals surface area contributed by atoms with Crippen molar-refractivity contribution in [3.63, 3.8) is 0 Å². The van der Waals surface area contributed by atoms with Crippen LogP contribution in [-0.4, -0.2) is 11.8 Å². The van der Waals surface area contributed by atoms with Crippen LogP contribution in [0.4, 0.5) is 37.7 Å². The van der Waals surface area contributed by atoms with Crippen molar-refractivity contribution < 1.29 is 35.9 Å². The first-order valence-corrected chi connectivity index (χ1v) is 11.6. The minimum Gasteiger partial charge on any atom is -0.326 e. The number of anilines is 2. The summed E-state index contributed by atoms with van der Waals surface area (Å²) in [5.41, 5.74) is -3.14. The summed E-state index contributed by atoms with van der Waals surface area (Å²) in [5, 5.41) is 4.15. The molecule has 0 spiro atoms. The zero-order chi connectivity index (χ0) is 29.1. The van der Waals surface area contributed by atoms with Gasteiger partial charge < -0.3 is 10.6 Å². The van der Waals surface area contributed by atoms with Gasteiger partial charge in [-0.1, -0.05) is 64.7 Å². The molecule has 0 aliphatic heterocycles. The van der Waals surface area contributed by atoms with Crippen LogP contribution in [0.1, 0.15) is 58.2 Å². The van der Waals surface area contributed by atoms with Gasteiger partial charge in [-0.15, -0.1) is 0 Å². The van der Waals surface area contributed by atoms with Crippen LogP contribution in [0, 0.1) is 17.8 Å². The standard InChI is InChI=1S/C13H15ClF3NO.C12H13ClF3NO/c1-7-9(18-11(19)12(2,3)4)6-5-8(14)10(7)13(15,16)17;1-11(2,3)10(18)17-7-4-5-9(13)8(6-7)12(14,15)16/h5-6H,1-4H3,(H,18,19);4-6H,1-3H3,(H,17,18). The molecule has 0 fully saturated rings. The highest BCUT2D eigenvalue weighted by atomic mass is 35.5. The number of halogens is 8. The lowest BCUT2D eigenvalue weighted by Crippen LogP contribution is -2.28. The number of carbonyl (C=O) groups is 2. The number of amides is 2. The zero-order valence-electron chi connectivity index (χ0n) is 21.2. The predicted octanol–water partition coefficient (Wildman–Crippen LogP) is 9.00. The molecule has 206 valence electrons. The van der Waals surface area contributed by atoms with E-state index < -0.39 is 39.3 Å². The number of carbonyl (C=O) groups excluding carboxylic acids is 2. The molecule has 0 saturated carbocycles. The smallest absolute Gasteiger partial charge is 0.326 e. The van der Waals surface area contributed by atoms with Gasteiger partial charge in [0.25, 0.3) is 0 Å². The van der Waals surface area contributed by atoms with Crippen LogP contribution in [0.3, 0.4) is 0 Å². The molecule has 12 heteroatoms. The SMILES string of the molecule is CC(C)(C)C(=O)Nc1ccc(Cl)c(C(F)(F)F)c1.Cc1c(NC(=O)C(C)(C)C)ccc(Cl)c1C(F)(F)F. The highest BCUT2D eigenvalue weighted by molar-refractivity contribution is 6.32. The highest BCUT2D eigenvalue weighted by Gasteiger charge is 2.36. The maximum Gasteiger partial charge on any atom is 0.418 e. The van der Waals surface area contributed by atoms with Crippen LogP contribution in [0.25, 0.3) is 0 Å². The zero-order valence-corrected chi connectivity index (χ0v) is 22.7. The summed E-state index contributed by atoms with van der Waals surface area (Å²) in [5.74, 6) is -0.719. The van der Waals surface area contributed by atoms with E-state index in [1.807, 2.05) is 0 Å². The van der Waals surface area contributed by atoms with Gasteiger partial charge in [0.2, 0.25) is 11.8 Å². The molecule has 0 unspecified atom stereocenters. The molecule has 2 aromatic carbocycles. The van der Waals surface area contributed by atoms with Crippen LogP contribution in [0.15, 0.2) is 30.3 Å². The van der Waals surface area contributed by atoms with Gasteiger partial charge in [-0.25, -0.2) is 0 Å². The van der Waals surface area contributed by atoms with Gasteiger partial charge in [-0.05, 0) is 42.8 Å². The van der Waals surface area contributed by atoms with Crippen LogP contribution in [0.5, 0.6) is 0 Å². The fourth-order valence-corrected chi connectivity index (χ4v) is 3.15. The first-order valence-electron chi connectivity index (χ1n) is 10.8. The van der Waals surface area contributed by atoms with Crippen molar-refractivity contribution in [3.05, 3.63) is 57.1 Å². The molecule has 0 aliphatic rings. The minimum atomic E-state index is -4.55. The second-order valence-corrected chi connectivity index (χ2v) is 11.0. The van der Waals surface area contributed by atoms with E-state index in [9.17, 15) is 35.9 Å². The molecule has 37 heavy (non-hydrogen) atoms. The van der Waals surface area contributed by atoms with E-state index in [1.54, 1.807) is 41.5 Å². The Morgan fingerprint density at radius 1 is 0.703 bits per heavy atom. The Labute approximate surface area is 221 Å². The first kappa shape index (κ1) is 32.6. The van der Waals surface area contributed by atoms with Crippen LogP contribution in [0.2, 0.25) is 10.0 Å². The molecular formula is C25H28Cl2F6N2O2. The minimum absolute atomic E-state index is 0.0756. The molecule has 0 radical (unpaired) electrons. The molecule has 0 bridgehead atoms. The fraction of sp³-hybridized carbons (Fsp3) is 0.440. The van der Waals surface area contributed by atoms with Crippen LogP contribution < -0.4 is 10.6 Å². The van der Waals surface area contributed by atoms with Crippen LogP contribution in [-0.2, 0) is 21.9 Å². The number of benzene rings is 2. The normalized spacial score (nSPS) is 12.4. The third-order valence-electron chi connectivity index (χ3n) is 4.84. The number of nitrogens with one attached hydrogen (secondary N) is 2. The first-order chi connectivity index (χ1) is 16.5. The Balaban J connectivity index is 0.000000371. The molecule has 2 aromatic rings. The molecular weight excluding hydrogens is 545 g/mol. The summed E-state index contributed by atoms with van der Waals surface area (Å²) >= 11 is 11.1. The number of hydrogen-bond acceptors (Lipinski definition) is 2. The largest absolute Gasteiger partial charge is 0.418 e. The summed E-state index contributed by atoms with van der Waals surface area (Å²) in [7, 11) is 0. The van der Waals surface area contributed by atoms with Gasteiger partial charge in [0.1, 0.15) is 0 Å². The third-order valence-corrected chi connectivity index (χ3v) is 5.48. The van der Waals surface area contributed by atoms with Gasteiger partial charge in [0.05, 0.1) is 21.2 Å². The van der Waals surface area contributed by atoms with Gasteiger partial charge in [0.15, 0.2) is 0 Å². The summed E-state index contributed by atoms with van der Waals surface area (Å²) in [6, 6.07) is 5.78.